The van der Waals surface area contributed by atoms with Crippen LogP contribution < -0.4 is 5.32 Å². The molecule has 1 N–H and O–H groups in total. The molecule has 6 nitrogen and oxygen atoms in total. The van der Waals surface area contributed by atoms with Crippen molar-refractivity contribution in [1.29, 1.82) is 0 Å². The molecule has 0 spiro atoms. The van der Waals surface area contributed by atoms with Gasteiger partial charge in [0.1, 0.15) is 11.3 Å². The van der Waals surface area contributed by atoms with E-state index in [9.17, 15) is 4.79 Å². The van der Waals surface area contributed by atoms with Crippen LogP contribution in [0.15, 0.2) is 29.9 Å². The predicted octanol–water partition coefficient (Wildman–Crippen LogP) is 3.29. The van der Waals surface area contributed by atoms with Crippen molar-refractivity contribution < 1.29 is 4.79 Å². The van der Waals surface area contributed by atoms with Gasteiger partial charge in [0.15, 0.2) is 5.65 Å². The third kappa shape index (κ3) is 3.16. The number of aryl methyl sites for hydroxylation is 1. The summed E-state index contributed by atoms with van der Waals surface area (Å²) in [6, 6.07) is 4.06. The monoisotopic (exact) mass is 379 g/mol. The minimum absolute atomic E-state index is 0.191. The fourth-order valence-electron chi connectivity index (χ4n) is 4.05. The fraction of sp³-hybridized carbons (Fsp3) is 0.400. The topological polar surface area (TPSA) is 71.0 Å². The number of hydrogen-bond donors (Lipinski definition) is 1. The summed E-state index contributed by atoms with van der Waals surface area (Å²) in [6.07, 6.45) is 8.88. The quantitative estimate of drug-likeness (QED) is 0.756. The van der Waals surface area contributed by atoms with Crippen LogP contribution in [0.25, 0.3) is 11.2 Å². The van der Waals surface area contributed by atoms with E-state index in [1.54, 1.807) is 23.7 Å². The number of nitrogens with zero attached hydrogens (tertiary/aromatic N) is 4. The number of fused-ring (bicyclic) bond motifs is 2. The normalized spacial score (nSPS) is 19.3. The van der Waals surface area contributed by atoms with Crippen LogP contribution in [0, 0.1) is 0 Å². The van der Waals surface area contributed by atoms with E-state index in [0.717, 1.165) is 42.7 Å². The second kappa shape index (κ2) is 6.88. The summed E-state index contributed by atoms with van der Waals surface area (Å²) >= 11 is 1.76. The number of anilines is 1. The molecule has 0 bridgehead atoms. The highest BCUT2D eigenvalue weighted by atomic mass is 32.1. The Balaban J connectivity index is 1.28. The molecule has 0 unspecified atom stereocenters. The van der Waals surface area contributed by atoms with Gasteiger partial charge in [-0.1, -0.05) is 0 Å². The Hall–Kier alpha value is -2.54. The minimum Gasteiger partial charge on any atom is -0.365 e. The van der Waals surface area contributed by atoms with Gasteiger partial charge < -0.3 is 10.2 Å². The van der Waals surface area contributed by atoms with E-state index < -0.39 is 0 Å². The molecule has 5 rings (SSSR count). The number of carbonyl (C=O) groups excluding carboxylic acids is 1. The molecule has 0 radical (unpaired) electrons. The van der Waals surface area contributed by atoms with Gasteiger partial charge in [-0.05, 0) is 49.8 Å². The number of amides is 1. The summed E-state index contributed by atoms with van der Waals surface area (Å²) < 4.78 is 0. The zero-order valence-corrected chi connectivity index (χ0v) is 15.8. The number of hydrogen-bond acceptors (Lipinski definition) is 6. The summed E-state index contributed by atoms with van der Waals surface area (Å²) in [5, 5.41) is 5.53. The summed E-state index contributed by atoms with van der Waals surface area (Å²) in [4.78, 5) is 29.5. The highest BCUT2D eigenvalue weighted by Gasteiger charge is 2.30. The second-order valence-electron chi connectivity index (χ2n) is 7.23. The van der Waals surface area contributed by atoms with Gasteiger partial charge in [0.05, 0.1) is 5.56 Å². The zero-order valence-electron chi connectivity index (χ0n) is 15.0. The number of pyridine rings is 1. The van der Waals surface area contributed by atoms with Crippen LogP contribution in [0.4, 0.5) is 5.82 Å². The van der Waals surface area contributed by atoms with Crippen molar-refractivity contribution in [2.75, 3.05) is 18.4 Å². The van der Waals surface area contributed by atoms with Gasteiger partial charge in [-0.2, -0.15) is 0 Å². The maximum absolute atomic E-state index is 13.0. The predicted molar refractivity (Wildman–Crippen MR) is 106 cm³/mol. The Morgan fingerprint density at radius 1 is 1.19 bits per heavy atom. The molecule has 0 aromatic carbocycles. The summed E-state index contributed by atoms with van der Waals surface area (Å²) in [7, 11) is 0. The third-order valence-corrected chi connectivity index (χ3v) is 6.54. The van der Waals surface area contributed by atoms with Crippen molar-refractivity contribution in [3.63, 3.8) is 0 Å². The molecule has 1 atom stereocenters. The third-order valence-electron chi connectivity index (χ3n) is 5.45. The van der Waals surface area contributed by atoms with Gasteiger partial charge >= 0.3 is 0 Å². The molecule has 1 aliphatic carbocycles. The van der Waals surface area contributed by atoms with Crippen molar-refractivity contribution in [3.8, 4) is 0 Å². The number of aromatic nitrogens is 3. The van der Waals surface area contributed by atoms with Crippen LogP contribution in [0.3, 0.4) is 0 Å². The van der Waals surface area contributed by atoms with Crippen molar-refractivity contribution in [2.24, 2.45) is 0 Å². The number of carbonyl (C=O) groups is 1. The standard InChI is InChI=1S/C20H21N5OS/c26-20(15-12-27-17-4-2-1-3-14(15)17)25-10-7-13(11-25)23-18-6-5-16-19(24-18)22-9-8-21-16/h5-6,8-9,12-13H,1-4,7,10-11H2,(H,22,23,24)/t13-/m0/s1. The summed E-state index contributed by atoms with van der Waals surface area (Å²) in [6.45, 7) is 1.50. The second-order valence-corrected chi connectivity index (χ2v) is 8.20. The van der Waals surface area contributed by atoms with E-state index >= 15 is 0 Å². The van der Waals surface area contributed by atoms with E-state index in [0.29, 0.717) is 12.2 Å². The molecule has 2 aliphatic rings. The van der Waals surface area contributed by atoms with E-state index in [4.69, 9.17) is 0 Å². The molecular weight excluding hydrogens is 358 g/mol. The molecule has 1 fully saturated rings. The average molecular weight is 379 g/mol. The highest BCUT2D eigenvalue weighted by Crippen LogP contribution is 2.31. The first kappa shape index (κ1) is 16.6. The molecule has 4 heterocycles. The largest absolute Gasteiger partial charge is 0.365 e. The number of thiophene rings is 1. The zero-order chi connectivity index (χ0) is 18.2. The van der Waals surface area contributed by atoms with Gasteiger partial charge in [0, 0.05) is 41.8 Å². The molecule has 7 heteroatoms. The van der Waals surface area contributed by atoms with Crippen molar-refractivity contribution >= 4 is 34.2 Å². The van der Waals surface area contributed by atoms with Crippen LogP contribution in [-0.4, -0.2) is 44.9 Å². The lowest BCUT2D eigenvalue weighted by molar-refractivity contribution is 0.0791. The maximum atomic E-state index is 13.0. The molecule has 1 aliphatic heterocycles. The van der Waals surface area contributed by atoms with Gasteiger partial charge in [-0.15, -0.1) is 11.3 Å². The first-order chi connectivity index (χ1) is 13.3. The SMILES string of the molecule is O=C(c1csc2c1CCCC2)N1CC[C@H](Nc2ccc3nccnc3n2)C1. The first-order valence-electron chi connectivity index (χ1n) is 9.51. The lowest BCUT2D eigenvalue weighted by atomic mass is 9.95. The molecular formula is C20H21N5OS. The smallest absolute Gasteiger partial charge is 0.255 e. The fourth-order valence-corrected chi connectivity index (χ4v) is 5.17. The Morgan fingerprint density at radius 3 is 3.04 bits per heavy atom. The van der Waals surface area contributed by atoms with Crippen LogP contribution in [0.2, 0.25) is 0 Å². The summed E-state index contributed by atoms with van der Waals surface area (Å²) in [5.41, 5.74) is 3.67. The van der Waals surface area contributed by atoms with Crippen LogP contribution in [-0.2, 0) is 12.8 Å². The lowest BCUT2D eigenvalue weighted by Gasteiger charge is -2.19. The molecule has 0 saturated carbocycles. The van der Waals surface area contributed by atoms with Crippen LogP contribution in [0.5, 0.6) is 0 Å². The Morgan fingerprint density at radius 2 is 2.07 bits per heavy atom. The van der Waals surface area contributed by atoms with Gasteiger partial charge in [0.2, 0.25) is 0 Å². The number of nitrogens with one attached hydrogen (secondary N) is 1. The van der Waals surface area contributed by atoms with Crippen molar-refractivity contribution in [1.82, 2.24) is 19.9 Å². The Bertz CT molecular complexity index is 1000. The van der Waals surface area contributed by atoms with E-state index in [2.05, 4.69) is 25.6 Å². The molecule has 27 heavy (non-hydrogen) atoms. The Labute approximate surface area is 161 Å². The molecule has 138 valence electrons. The van der Waals surface area contributed by atoms with Crippen molar-refractivity contribution in [3.05, 3.63) is 45.9 Å². The molecule has 1 saturated heterocycles. The van der Waals surface area contributed by atoms with Gasteiger partial charge in [0.25, 0.3) is 5.91 Å². The van der Waals surface area contributed by atoms with Gasteiger partial charge in [-0.25, -0.2) is 9.97 Å². The molecule has 3 aromatic heterocycles. The minimum atomic E-state index is 0.191. The summed E-state index contributed by atoms with van der Waals surface area (Å²) in [5.74, 6) is 0.978. The van der Waals surface area contributed by atoms with Crippen LogP contribution >= 0.6 is 11.3 Å². The lowest BCUT2D eigenvalue weighted by Crippen LogP contribution is -2.32. The molecule has 1 amide bonds. The highest BCUT2D eigenvalue weighted by molar-refractivity contribution is 7.10. The maximum Gasteiger partial charge on any atom is 0.255 e. The van der Waals surface area contributed by atoms with Gasteiger partial charge in [-0.3, -0.25) is 9.78 Å². The van der Waals surface area contributed by atoms with E-state index in [1.807, 2.05) is 17.0 Å². The number of likely N-dealkylation sites (tertiary alicyclic amines) is 1. The van der Waals surface area contributed by atoms with Crippen LogP contribution in [0.1, 0.15) is 40.1 Å². The van der Waals surface area contributed by atoms with Crippen molar-refractivity contribution in [2.45, 2.75) is 38.1 Å². The Kier molecular flexibility index (Phi) is 4.24. The first-order valence-corrected chi connectivity index (χ1v) is 10.4. The van der Waals surface area contributed by atoms with E-state index in [1.165, 1.54) is 23.3 Å². The molecule has 3 aromatic rings. The number of rotatable bonds is 3. The van der Waals surface area contributed by atoms with E-state index in [-0.39, 0.29) is 11.9 Å². The average Bonchev–Trinajstić information content (AvgIpc) is 3.34.